The molecular weight excluding hydrogens is 378 g/mol. The van der Waals surface area contributed by atoms with Crippen LogP contribution in [0, 0.1) is 6.92 Å². The van der Waals surface area contributed by atoms with E-state index in [-0.39, 0.29) is 5.91 Å². The van der Waals surface area contributed by atoms with Crippen LogP contribution >= 0.6 is 23.4 Å². The van der Waals surface area contributed by atoms with Gasteiger partial charge in [-0.15, -0.1) is 0 Å². The summed E-state index contributed by atoms with van der Waals surface area (Å²) in [5.41, 5.74) is 3.36. The Hall–Kier alpha value is -2.24. The predicted molar refractivity (Wildman–Crippen MR) is 114 cm³/mol. The van der Waals surface area contributed by atoms with Crippen molar-refractivity contribution in [3.63, 3.8) is 0 Å². The summed E-state index contributed by atoms with van der Waals surface area (Å²) in [7, 11) is 0. The van der Waals surface area contributed by atoms with E-state index in [4.69, 9.17) is 11.6 Å². The molecule has 4 nitrogen and oxygen atoms in total. The highest BCUT2D eigenvalue weighted by Gasteiger charge is 2.28. The molecule has 4 rings (SSSR count). The number of carbonyl (C=O) groups excluding carboxylic acids is 1. The number of piperazine rings is 1. The molecule has 0 aromatic heterocycles. The molecule has 0 N–H and O–H groups in total. The molecule has 0 spiro atoms. The van der Waals surface area contributed by atoms with E-state index in [1.165, 1.54) is 23.0 Å². The van der Waals surface area contributed by atoms with Gasteiger partial charge in [-0.1, -0.05) is 47.5 Å². The second kappa shape index (κ2) is 7.79. The first-order chi connectivity index (χ1) is 13.1. The normalized spacial score (nSPS) is 19.0. The summed E-state index contributed by atoms with van der Waals surface area (Å²) < 4.78 is 0. The monoisotopic (exact) mass is 397 g/mol. The van der Waals surface area contributed by atoms with Crippen LogP contribution in [0.5, 0.6) is 0 Å². The van der Waals surface area contributed by atoms with Crippen molar-refractivity contribution in [2.45, 2.75) is 6.92 Å². The molecule has 2 heterocycles. The molecular formula is C21H20ClN3OS. The molecule has 0 atom stereocenters. The van der Waals surface area contributed by atoms with E-state index in [0.717, 1.165) is 36.9 Å². The average Bonchev–Trinajstić information content (AvgIpc) is 3.05. The molecule has 27 heavy (non-hydrogen) atoms. The zero-order valence-corrected chi connectivity index (χ0v) is 16.6. The van der Waals surface area contributed by atoms with Crippen LogP contribution in [0.4, 0.5) is 5.69 Å². The molecule has 2 aromatic rings. The van der Waals surface area contributed by atoms with Crippen LogP contribution in [-0.2, 0) is 4.79 Å². The number of amides is 1. The van der Waals surface area contributed by atoms with Crippen LogP contribution < -0.4 is 4.90 Å². The van der Waals surface area contributed by atoms with Crippen LogP contribution in [0.3, 0.4) is 0 Å². The highest BCUT2D eigenvalue weighted by Crippen LogP contribution is 2.32. The van der Waals surface area contributed by atoms with E-state index in [9.17, 15) is 4.79 Å². The Morgan fingerprint density at radius 1 is 1.00 bits per heavy atom. The predicted octanol–water partition coefficient (Wildman–Crippen LogP) is 4.44. The molecule has 6 heteroatoms. The molecule has 2 aliphatic heterocycles. The van der Waals surface area contributed by atoms with E-state index < -0.39 is 0 Å². The molecule has 1 fully saturated rings. The Bertz CT molecular complexity index is 915. The average molecular weight is 398 g/mol. The van der Waals surface area contributed by atoms with Crippen molar-refractivity contribution < 1.29 is 4.79 Å². The van der Waals surface area contributed by atoms with Crippen LogP contribution in [0.15, 0.2) is 58.4 Å². The lowest BCUT2D eigenvalue weighted by Crippen LogP contribution is -2.47. The Kier molecular flexibility index (Phi) is 5.23. The van der Waals surface area contributed by atoms with Gasteiger partial charge in [0.2, 0.25) is 0 Å². The standard InChI is InChI=1S/C21H20ClN3OS/c1-15-6-8-17(9-7-15)24-10-12-25(13-11-24)21-23-20(26)19(27-21)14-16-4-2-3-5-18(16)22/h2-9,14H,10-13H2,1H3/b19-14+. The summed E-state index contributed by atoms with van der Waals surface area (Å²) >= 11 is 7.64. The first-order valence-corrected chi connectivity index (χ1v) is 10.1. The van der Waals surface area contributed by atoms with Crippen LogP contribution in [-0.4, -0.2) is 42.2 Å². The molecule has 2 aromatic carbocycles. The highest BCUT2D eigenvalue weighted by molar-refractivity contribution is 8.18. The topological polar surface area (TPSA) is 35.9 Å². The van der Waals surface area contributed by atoms with Crippen molar-refractivity contribution >= 4 is 46.2 Å². The minimum atomic E-state index is -0.184. The van der Waals surface area contributed by atoms with Crippen LogP contribution in [0.2, 0.25) is 5.02 Å². The number of thioether (sulfide) groups is 1. The van der Waals surface area contributed by atoms with Gasteiger partial charge in [0.05, 0.1) is 4.91 Å². The third-order valence-corrected chi connectivity index (χ3v) is 6.14. The van der Waals surface area contributed by atoms with Crippen molar-refractivity contribution in [1.29, 1.82) is 0 Å². The number of amidine groups is 1. The van der Waals surface area contributed by atoms with Gasteiger partial charge in [0.1, 0.15) is 0 Å². The molecule has 0 bridgehead atoms. The van der Waals surface area contributed by atoms with Gasteiger partial charge in [-0.05, 0) is 48.5 Å². The highest BCUT2D eigenvalue weighted by atomic mass is 35.5. The molecule has 0 unspecified atom stereocenters. The van der Waals surface area contributed by atoms with E-state index in [0.29, 0.717) is 9.93 Å². The fourth-order valence-corrected chi connectivity index (χ4v) is 4.32. The van der Waals surface area contributed by atoms with Crippen molar-refractivity contribution in [2.24, 2.45) is 4.99 Å². The van der Waals surface area contributed by atoms with E-state index in [2.05, 4.69) is 46.0 Å². The lowest BCUT2D eigenvalue weighted by molar-refractivity contribution is -0.113. The van der Waals surface area contributed by atoms with Crippen LogP contribution in [0.25, 0.3) is 6.08 Å². The lowest BCUT2D eigenvalue weighted by Gasteiger charge is -2.36. The summed E-state index contributed by atoms with van der Waals surface area (Å²) in [6, 6.07) is 16.1. The third-order valence-electron chi connectivity index (χ3n) is 4.75. The van der Waals surface area contributed by atoms with Crippen molar-refractivity contribution in [3.8, 4) is 0 Å². The third kappa shape index (κ3) is 4.04. The summed E-state index contributed by atoms with van der Waals surface area (Å²) in [6.07, 6.45) is 1.83. The van der Waals surface area contributed by atoms with Gasteiger partial charge >= 0.3 is 0 Å². The molecule has 1 saturated heterocycles. The fourth-order valence-electron chi connectivity index (χ4n) is 3.18. The van der Waals surface area contributed by atoms with Gasteiger partial charge in [0, 0.05) is 36.9 Å². The SMILES string of the molecule is Cc1ccc(N2CCN(C3=NC(=O)/C(=C\c4ccccc4Cl)S3)CC2)cc1. The number of hydrogen-bond donors (Lipinski definition) is 0. The van der Waals surface area contributed by atoms with Crippen LogP contribution in [0.1, 0.15) is 11.1 Å². The van der Waals surface area contributed by atoms with Crippen molar-refractivity contribution in [2.75, 3.05) is 31.1 Å². The largest absolute Gasteiger partial charge is 0.368 e. The van der Waals surface area contributed by atoms with Gasteiger partial charge in [0.15, 0.2) is 5.17 Å². The van der Waals surface area contributed by atoms with Gasteiger partial charge in [-0.2, -0.15) is 4.99 Å². The molecule has 138 valence electrons. The second-order valence-electron chi connectivity index (χ2n) is 6.64. The van der Waals surface area contributed by atoms with E-state index >= 15 is 0 Å². The Labute approximate surface area is 168 Å². The minimum Gasteiger partial charge on any atom is -0.368 e. The number of hydrogen-bond acceptors (Lipinski definition) is 4. The molecule has 1 amide bonds. The maximum Gasteiger partial charge on any atom is 0.286 e. The number of aliphatic imine (C=N–C) groups is 1. The molecule has 0 saturated carbocycles. The second-order valence-corrected chi connectivity index (χ2v) is 8.06. The Balaban J connectivity index is 1.41. The maximum absolute atomic E-state index is 12.3. The quantitative estimate of drug-likeness (QED) is 0.702. The van der Waals surface area contributed by atoms with Gasteiger partial charge in [-0.25, -0.2) is 0 Å². The van der Waals surface area contributed by atoms with Crippen molar-refractivity contribution in [1.82, 2.24) is 4.90 Å². The van der Waals surface area contributed by atoms with Gasteiger partial charge < -0.3 is 9.80 Å². The number of nitrogens with zero attached hydrogens (tertiary/aromatic N) is 3. The summed E-state index contributed by atoms with van der Waals surface area (Å²) in [6.45, 7) is 5.64. The summed E-state index contributed by atoms with van der Waals surface area (Å²) in [5, 5.41) is 1.43. The summed E-state index contributed by atoms with van der Waals surface area (Å²) in [4.78, 5) is 21.8. The summed E-state index contributed by atoms with van der Waals surface area (Å²) in [5.74, 6) is -0.184. The van der Waals surface area contributed by atoms with E-state index in [1.54, 1.807) is 0 Å². The number of benzene rings is 2. The maximum atomic E-state index is 12.3. The van der Waals surface area contributed by atoms with Gasteiger partial charge in [-0.3, -0.25) is 4.79 Å². The number of rotatable bonds is 2. The van der Waals surface area contributed by atoms with E-state index in [1.807, 2.05) is 30.3 Å². The molecule has 0 aliphatic carbocycles. The number of aryl methyl sites for hydroxylation is 1. The Morgan fingerprint density at radius 3 is 2.37 bits per heavy atom. The van der Waals surface area contributed by atoms with Gasteiger partial charge in [0.25, 0.3) is 5.91 Å². The minimum absolute atomic E-state index is 0.184. The number of carbonyl (C=O) groups is 1. The number of halogens is 1. The fraction of sp³-hybridized carbons (Fsp3) is 0.238. The molecule has 2 aliphatic rings. The smallest absolute Gasteiger partial charge is 0.286 e. The zero-order chi connectivity index (χ0) is 18.8. The first kappa shape index (κ1) is 18.1. The lowest BCUT2D eigenvalue weighted by atomic mass is 10.2. The number of anilines is 1. The van der Waals surface area contributed by atoms with Crippen molar-refractivity contribution in [3.05, 3.63) is 69.6 Å². The molecule has 0 radical (unpaired) electrons. The Morgan fingerprint density at radius 2 is 1.67 bits per heavy atom. The first-order valence-electron chi connectivity index (χ1n) is 8.94. The zero-order valence-electron chi connectivity index (χ0n) is 15.1.